The van der Waals surface area contributed by atoms with Crippen LogP contribution in [-0.2, 0) is 6.54 Å². The highest BCUT2D eigenvalue weighted by atomic mass is 16.1. The van der Waals surface area contributed by atoms with Crippen molar-refractivity contribution in [1.82, 2.24) is 15.3 Å². The van der Waals surface area contributed by atoms with E-state index in [-0.39, 0.29) is 5.91 Å². The summed E-state index contributed by atoms with van der Waals surface area (Å²) in [6.45, 7) is 2.40. The zero-order chi connectivity index (χ0) is 11.4. The Balaban J connectivity index is 1.97. The van der Waals surface area contributed by atoms with Gasteiger partial charge in [-0.05, 0) is 30.7 Å². The Labute approximate surface area is 93.7 Å². The summed E-state index contributed by atoms with van der Waals surface area (Å²) in [5.74, 6) is -0.0597. The second-order valence-electron chi connectivity index (χ2n) is 3.55. The van der Waals surface area contributed by atoms with Gasteiger partial charge in [0.1, 0.15) is 0 Å². The highest BCUT2D eigenvalue weighted by Crippen LogP contribution is 2.05. The van der Waals surface area contributed by atoms with Crippen molar-refractivity contribution in [1.29, 1.82) is 0 Å². The van der Waals surface area contributed by atoms with E-state index >= 15 is 0 Å². The molecular weight excluding hydrogens is 202 g/mol. The average molecular weight is 215 g/mol. The van der Waals surface area contributed by atoms with E-state index in [1.807, 2.05) is 19.1 Å². The van der Waals surface area contributed by atoms with Crippen LogP contribution in [0.2, 0.25) is 0 Å². The lowest BCUT2D eigenvalue weighted by atomic mass is 10.2. The van der Waals surface area contributed by atoms with Crippen LogP contribution in [0.3, 0.4) is 0 Å². The van der Waals surface area contributed by atoms with E-state index in [1.54, 1.807) is 24.7 Å². The number of pyridine rings is 1. The third-order valence-corrected chi connectivity index (χ3v) is 2.40. The number of carbonyl (C=O) groups excluding carboxylic acids is 1. The van der Waals surface area contributed by atoms with Gasteiger partial charge in [0.15, 0.2) is 0 Å². The number of carbonyl (C=O) groups is 1. The minimum absolute atomic E-state index is 0.0597. The first kappa shape index (κ1) is 10.4. The van der Waals surface area contributed by atoms with Gasteiger partial charge in [0.2, 0.25) is 0 Å². The fraction of sp³-hybridized carbons (Fsp3) is 0.167. The number of amides is 1. The van der Waals surface area contributed by atoms with Crippen molar-refractivity contribution in [2.24, 2.45) is 0 Å². The molecule has 2 rings (SSSR count). The predicted octanol–water partition coefficient (Wildman–Crippen LogP) is 1.65. The van der Waals surface area contributed by atoms with Gasteiger partial charge in [0.05, 0.1) is 5.56 Å². The molecule has 0 aromatic carbocycles. The molecule has 2 heterocycles. The Hall–Kier alpha value is -2.10. The van der Waals surface area contributed by atoms with Crippen molar-refractivity contribution in [3.8, 4) is 0 Å². The summed E-state index contributed by atoms with van der Waals surface area (Å²) in [4.78, 5) is 18.6. The lowest BCUT2D eigenvalue weighted by molar-refractivity contribution is 0.0950. The van der Waals surface area contributed by atoms with Gasteiger partial charge in [-0.15, -0.1) is 0 Å². The first-order valence-corrected chi connectivity index (χ1v) is 5.08. The van der Waals surface area contributed by atoms with Gasteiger partial charge >= 0.3 is 0 Å². The van der Waals surface area contributed by atoms with Gasteiger partial charge in [0, 0.05) is 30.8 Å². The van der Waals surface area contributed by atoms with Crippen molar-refractivity contribution in [3.05, 3.63) is 53.6 Å². The Morgan fingerprint density at radius 3 is 2.75 bits per heavy atom. The summed E-state index contributed by atoms with van der Waals surface area (Å²) in [5.41, 5.74) is 2.61. The molecule has 0 unspecified atom stereocenters. The van der Waals surface area contributed by atoms with Crippen LogP contribution >= 0.6 is 0 Å². The quantitative estimate of drug-likeness (QED) is 0.817. The molecule has 0 saturated heterocycles. The normalized spacial score (nSPS) is 10.1. The lowest BCUT2D eigenvalue weighted by Crippen LogP contribution is -2.23. The van der Waals surface area contributed by atoms with E-state index in [2.05, 4.69) is 15.3 Å². The molecular formula is C12H13N3O. The molecule has 16 heavy (non-hydrogen) atoms. The molecule has 82 valence electrons. The number of rotatable bonds is 3. The third-order valence-electron chi connectivity index (χ3n) is 2.40. The van der Waals surface area contributed by atoms with Gasteiger partial charge in [-0.25, -0.2) is 0 Å². The summed E-state index contributed by atoms with van der Waals surface area (Å²) < 4.78 is 0. The van der Waals surface area contributed by atoms with Crippen molar-refractivity contribution in [2.45, 2.75) is 13.5 Å². The van der Waals surface area contributed by atoms with Crippen LogP contribution in [0.5, 0.6) is 0 Å². The highest BCUT2D eigenvalue weighted by molar-refractivity contribution is 5.95. The zero-order valence-electron chi connectivity index (χ0n) is 9.03. The maximum Gasteiger partial charge on any atom is 0.253 e. The molecule has 0 radical (unpaired) electrons. The second kappa shape index (κ2) is 4.61. The molecule has 0 fully saturated rings. The molecule has 0 atom stereocenters. The van der Waals surface area contributed by atoms with E-state index in [9.17, 15) is 4.79 Å². The molecule has 2 aromatic rings. The SMILES string of the molecule is Cc1[nH]ccc1C(=O)NCc1ccncc1. The monoisotopic (exact) mass is 215 g/mol. The number of H-pyrrole nitrogens is 1. The van der Waals surface area contributed by atoms with Gasteiger partial charge in [-0.2, -0.15) is 0 Å². The molecule has 0 aliphatic rings. The van der Waals surface area contributed by atoms with Gasteiger partial charge in [-0.1, -0.05) is 0 Å². The second-order valence-corrected chi connectivity index (χ2v) is 3.55. The third kappa shape index (κ3) is 2.28. The fourth-order valence-corrected chi connectivity index (χ4v) is 1.48. The molecule has 4 heteroatoms. The largest absolute Gasteiger partial charge is 0.365 e. The Bertz CT molecular complexity index is 476. The first-order chi connectivity index (χ1) is 7.77. The Morgan fingerprint density at radius 1 is 1.38 bits per heavy atom. The van der Waals surface area contributed by atoms with Crippen LogP contribution in [0.4, 0.5) is 0 Å². The van der Waals surface area contributed by atoms with Crippen molar-refractivity contribution < 1.29 is 4.79 Å². The molecule has 0 aliphatic carbocycles. The maximum atomic E-state index is 11.8. The van der Waals surface area contributed by atoms with E-state index < -0.39 is 0 Å². The minimum Gasteiger partial charge on any atom is -0.365 e. The fourth-order valence-electron chi connectivity index (χ4n) is 1.48. The van der Waals surface area contributed by atoms with Crippen LogP contribution < -0.4 is 5.32 Å². The first-order valence-electron chi connectivity index (χ1n) is 5.08. The Morgan fingerprint density at radius 2 is 2.12 bits per heavy atom. The molecule has 2 N–H and O–H groups in total. The van der Waals surface area contributed by atoms with Crippen molar-refractivity contribution >= 4 is 5.91 Å². The average Bonchev–Trinajstić information content (AvgIpc) is 2.74. The molecule has 0 aliphatic heterocycles. The predicted molar refractivity (Wildman–Crippen MR) is 60.9 cm³/mol. The number of hydrogen-bond acceptors (Lipinski definition) is 2. The summed E-state index contributed by atoms with van der Waals surface area (Å²) in [6, 6.07) is 5.53. The van der Waals surface area contributed by atoms with Gasteiger partial charge in [-0.3, -0.25) is 9.78 Å². The Kier molecular flexibility index (Phi) is 3.00. The zero-order valence-corrected chi connectivity index (χ0v) is 9.03. The number of aromatic nitrogens is 2. The summed E-state index contributed by atoms with van der Waals surface area (Å²) >= 11 is 0. The van der Waals surface area contributed by atoms with Crippen molar-refractivity contribution in [2.75, 3.05) is 0 Å². The molecule has 2 aromatic heterocycles. The van der Waals surface area contributed by atoms with Crippen LogP contribution in [0.1, 0.15) is 21.6 Å². The summed E-state index contributed by atoms with van der Waals surface area (Å²) in [7, 11) is 0. The smallest absolute Gasteiger partial charge is 0.253 e. The molecule has 4 nitrogen and oxygen atoms in total. The number of aryl methyl sites for hydroxylation is 1. The molecule has 0 spiro atoms. The highest BCUT2D eigenvalue weighted by Gasteiger charge is 2.08. The van der Waals surface area contributed by atoms with Crippen LogP contribution in [0.25, 0.3) is 0 Å². The van der Waals surface area contributed by atoms with Crippen LogP contribution in [0, 0.1) is 6.92 Å². The van der Waals surface area contributed by atoms with E-state index in [0.717, 1.165) is 11.3 Å². The molecule has 1 amide bonds. The van der Waals surface area contributed by atoms with E-state index in [4.69, 9.17) is 0 Å². The number of hydrogen-bond donors (Lipinski definition) is 2. The van der Waals surface area contributed by atoms with Crippen LogP contribution in [-0.4, -0.2) is 15.9 Å². The lowest BCUT2D eigenvalue weighted by Gasteiger charge is -2.04. The standard InChI is InChI=1S/C12H13N3O/c1-9-11(4-7-14-9)12(16)15-8-10-2-5-13-6-3-10/h2-7,14H,8H2,1H3,(H,15,16). The van der Waals surface area contributed by atoms with Gasteiger partial charge in [0.25, 0.3) is 5.91 Å². The number of aromatic amines is 1. The van der Waals surface area contributed by atoms with Crippen LogP contribution in [0.15, 0.2) is 36.8 Å². The number of nitrogens with zero attached hydrogens (tertiary/aromatic N) is 1. The minimum atomic E-state index is -0.0597. The molecule has 0 saturated carbocycles. The topological polar surface area (TPSA) is 57.8 Å². The van der Waals surface area contributed by atoms with Gasteiger partial charge < -0.3 is 10.3 Å². The van der Waals surface area contributed by atoms with E-state index in [1.165, 1.54) is 0 Å². The molecule has 0 bridgehead atoms. The van der Waals surface area contributed by atoms with Crippen molar-refractivity contribution in [3.63, 3.8) is 0 Å². The number of nitrogens with one attached hydrogen (secondary N) is 2. The maximum absolute atomic E-state index is 11.8. The van der Waals surface area contributed by atoms with E-state index in [0.29, 0.717) is 12.1 Å². The summed E-state index contributed by atoms with van der Waals surface area (Å²) in [5, 5.41) is 2.86. The summed E-state index contributed by atoms with van der Waals surface area (Å²) in [6.07, 6.45) is 5.18.